The molecule has 0 N–H and O–H groups in total. The molecular formula is C10H12O6S. The van der Waals surface area contributed by atoms with Crippen molar-refractivity contribution in [1.29, 1.82) is 0 Å². The zero-order valence-corrected chi connectivity index (χ0v) is 10.2. The third-order valence-corrected chi connectivity index (χ3v) is 2.66. The fourth-order valence-corrected chi connectivity index (χ4v) is 1.73. The van der Waals surface area contributed by atoms with E-state index in [4.69, 9.17) is 0 Å². The lowest BCUT2D eigenvalue weighted by Gasteiger charge is -2.05. The fraction of sp³-hybridized carbons (Fsp3) is 0.300. The summed E-state index contributed by atoms with van der Waals surface area (Å²) >= 11 is 0. The predicted molar refractivity (Wildman–Crippen MR) is 59.0 cm³/mol. The Hall–Kier alpha value is -1.60. The van der Waals surface area contributed by atoms with Crippen molar-refractivity contribution in [2.24, 2.45) is 0 Å². The van der Waals surface area contributed by atoms with Gasteiger partial charge in [0.1, 0.15) is 5.75 Å². The van der Waals surface area contributed by atoms with E-state index in [9.17, 15) is 13.2 Å². The number of esters is 1. The average molecular weight is 260 g/mol. The van der Waals surface area contributed by atoms with E-state index in [1.807, 2.05) is 0 Å². The first-order valence-electron chi connectivity index (χ1n) is 4.75. The fourth-order valence-electron chi connectivity index (χ4n) is 1.05. The molecule has 0 spiro atoms. The molecule has 0 amide bonds. The molecule has 94 valence electrons. The molecule has 17 heavy (non-hydrogen) atoms. The van der Waals surface area contributed by atoms with E-state index in [1.165, 1.54) is 38.3 Å². The summed E-state index contributed by atoms with van der Waals surface area (Å²) in [5.41, 5.74) is 0.300. The van der Waals surface area contributed by atoms with Crippen molar-refractivity contribution in [3.05, 3.63) is 29.8 Å². The minimum atomic E-state index is -4.04. The monoisotopic (exact) mass is 260 g/mol. The minimum Gasteiger partial charge on any atom is -0.465 e. The number of benzene rings is 1. The van der Waals surface area contributed by atoms with Gasteiger partial charge in [-0.1, -0.05) is 0 Å². The molecular weight excluding hydrogens is 248 g/mol. The van der Waals surface area contributed by atoms with Crippen LogP contribution in [0.1, 0.15) is 17.3 Å². The summed E-state index contributed by atoms with van der Waals surface area (Å²) in [5, 5.41) is 0. The zero-order chi connectivity index (χ0) is 12.9. The van der Waals surface area contributed by atoms with Crippen LogP contribution in [0.3, 0.4) is 0 Å². The van der Waals surface area contributed by atoms with Crippen LogP contribution in [0, 0.1) is 0 Å². The molecule has 6 nitrogen and oxygen atoms in total. The van der Waals surface area contributed by atoms with Crippen molar-refractivity contribution >= 4 is 16.4 Å². The number of methoxy groups -OCH3 is 1. The maximum Gasteiger partial charge on any atom is 0.449 e. The van der Waals surface area contributed by atoms with E-state index in [0.717, 1.165) is 0 Å². The lowest BCUT2D eigenvalue weighted by molar-refractivity contribution is 0.0600. The highest BCUT2D eigenvalue weighted by atomic mass is 32.3. The third kappa shape index (κ3) is 4.04. The molecule has 0 atom stereocenters. The number of carbonyl (C=O) groups is 1. The van der Waals surface area contributed by atoms with E-state index in [2.05, 4.69) is 13.1 Å². The highest BCUT2D eigenvalue weighted by Gasteiger charge is 2.13. The van der Waals surface area contributed by atoms with Crippen LogP contribution in [-0.2, 0) is 19.3 Å². The number of hydrogen-bond donors (Lipinski definition) is 0. The largest absolute Gasteiger partial charge is 0.465 e. The summed E-state index contributed by atoms with van der Waals surface area (Å²) in [5.74, 6) is -0.449. The number of carbonyl (C=O) groups excluding carboxylic acids is 1. The molecule has 0 aliphatic rings. The first-order valence-corrected chi connectivity index (χ1v) is 6.09. The molecule has 7 heteroatoms. The van der Waals surface area contributed by atoms with E-state index < -0.39 is 16.4 Å². The topological polar surface area (TPSA) is 78.9 Å². The van der Waals surface area contributed by atoms with Gasteiger partial charge in [0.2, 0.25) is 0 Å². The van der Waals surface area contributed by atoms with Gasteiger partial charge in [0.05, 0.1) is 19.3 Å². The van der Waals surface area contributed by atoms with Gasteiger partial charge >= 0.3 is 16.4 Å². The smallest absolute Gasteiger partial charge is 0.449 e. The Balaban J connectivity index is 2.79. The molecule has 0 fully saturated rings. The van der Waals surface area contributed by atoms with Crippen LogP contribution in [0.25, 0.3) is 0 Å². The van der Waals surface area contributed by atoms with Crippen molar-refractivity contribution in [3.63, 3.8) is 0 Å². The molecule has 0 bridgehead atoms. The molecule has 0 saturated carbocycles. The minimum absolute atomic E-state index is 0.0113. The molecule has 0 radical (unpaired) electrons. The van der Waals surface area contributed by atoms with Crippen LogP contribution in [0.4, 0.5) is 0 Å². The van der Waals surface area contributed by atoms with Gasteiger partial charge in [-0.25, -0.2) is 8.98 Å². The van der Waals surface area contributed by atoms with Gasteiger partial charge in [-0.2, -0.15) is 8.42 Å². The number of hydrogen-bond acceptors (Lipinski definition) is 6. The lowest BCUT2D eigenvalue weighted by atomic mass is 10.2. The van der Waals surface area contributed by atoms with Crippen LogP contribution < -0.4 is 4.18 Å². The molecule has 1 aromatic rings. The third-order valence-electron chi connectivity index (χ3n) is 1.74. The van der Waals surface area contributed by atoms with Gasteiger partial charge in [0.15, 0.2) is 0 Å². The Morgan fingerprint density at radius 1 is 1.24 bits per heavy atom. The first kappa shape index (κ1) is 13.5. The van der Waals surface area contributed by atoms with Crippen molar-refractivity contribution in [3.8, 4) is 5.75 Å². The first-order chi connectivity index (χ1) is 7.98. The maximum absolute atomic E-state index is 11.1. The summed E-state index contributed by atoms with van der Waals surface area (Å²) in [6.07, 6.45) is 0. The Morgan fingerprint density at radius 2 is 1.82 bits per heavy atom. The Kier molecular flexibility index (Phi) is 4.47. The Morgan fingerprint density at radius 3 is 2.29 bits per heavy atom. The highest BCUT2D eigenvalue weighted by molar-refractivity contribution is 7.82. The second-order valence-electron chi connectivity index (χ2n) is 2.91. The molecule has 0 heterocycles. The number of ether oxygens (including phenoxy) is 1. The summed E-state index contributed by atoms with van der Waals surface area (Å²) < 4.78 is 35.8. The van der Waals surface area contributed by atoms with Crippen molar-refractivity contribution in [2.75, 3.05) is 13.7 Å². The lowest BCUT2D eigenvalue weighted by Crippen LogP contribution is -2.13. The van der Waals surface area contributed by atoms with Gasteiger partial charge in [0.25, 0.3) is 0 Å². The molecule has 0 aliphatic heterocycles. The quantitative estimate of drug-likeness (QED) is 0.738. The van der Waals surface area contributed by atoms with Crippen LogP contribution >= 0.6 is 0 Å². The summed E-state index contributed by atoms with van der Waals surface area (Å²) in [6, 6.07) is 5.46. The van der Waals surface area contributed by atoms with E-state index in [0.29, 0.717) is 5.56 Å². The van der Waals surface area contributed by atoms with Gasteiger partial charge < -0.3 is 8.92 Å². The van der Waals surface area contributed by atoms with Crippen LogP contribution in [0.5, 0.6) is 5.75 Å². The summed E-state index contributed by atoms with van der Waals surface area (Å²) in [7, 11) is -2.78. The molecule has 0 saturated heterocycles. The van der Waals surface area contributed by atoms with Crippen molar-refractivity contribution in [2.45, 2.75) is 6.92 Å². The van der Waals surface area contributed by atoms with Gasteiger partial charge in [-0.15, -0.1) is 0 Å². The van der Waals surface area contributed by atoms with Crippen LogP contribution in [0.2, 0.25) is 0 Å². The summed E-state index contributed by atoms with van der Waals surface area (Å²) in [4.78, 5) is 11.1. The van der Waals surface area contributed by atoms with E-state index >= 15 is 0 Å². The zero-order valence-electron chi connectivity index (χ0n) is 9.37. The predicted octanol–water partition coefficient (Wildman–Crippen LogP) is 1.13. The van der Waals surface area contributed by atoms with Crippen molar-refractivity contribution < 1.29 is 26.3 Å². The van der Waals surface area contributed by atoms with Crippen LogP contribution in [0.15, 0.2) is 24.3 Å². The molecule has 1 aromatic carbocycles. The van der Waals surface area contributed by atoms with Gasteiger partial charge in [-0.05, 0) is 31.2 Å². The molecule has 0 aliphatic carbocycles. The summed E-state index contributed by atoms with van der Waals surface area (Å²) in [6.45, 7) is 1.52. The Bertz CT molecular complexity index is 476. The normalized spacial score (nSPS) is 10.9. The average Bonchev–Trinajstić information content (AvgIpc) is 2.28. The standard InChI is InChI=1S/C10H12O6S/c1-3-15-17(12,13)16-9-6-4-8(5-7-9)10(11)14-2/h4-7H,3H2,1-2H3. The SMILES string of the molecule is CCOS(=O)(=O)Oc1ccc(C(=O)OC)cc1. The molecule has 0 unspecified atom stereocenters. The second kappa shape index (κ2) is 5.65. The number of rotatable bonds is 5. The van der Waals surface area contributed by atoms with Gasteiger partial charge in [-0.3, -0.25) is 0 Å². The van der Waals surface area contributed by atoms with Crippen molar-refractivity contribution in [1.82, 2.24) is 0 Å². The molecule has 1 rings (SSSR count). The van der Waals surface area contributed by atoms with E-state index in [-0.39, 0.29) is 12.4 Å². The Labute approximate surface area is 99.4 Å². The molecule has 0 aromatic heterocycles. The van der Waals surface area contributed by atoms with Gasteiger partial charge in [0, 0.05) is 0 Å². The van der Waals surface area contributed by atoms with Crippen LogP contribution in [-0.4, -0.2) is 28.1 Å². The maximum atomic E-state index is 11.1. The van der Waals surface area contributed by atoms with E-state index in [1.54, 1.807) is 0 Å². The highest BCUT2D eigenvalue weighted by Crippen LogP contribution is 2.15. The second-order valence-corrected chi connectivity index (χ2v) is 4.13.